The van der Waals surface area contributed by atoms with Crippen molar-refractivity contribution in [2.75, 3.05) is 18.0 Å². The molecule has 7 heteroatoms. The van der Waals surface area contributed by atoms with Crippen LogP contribution < -0.4 is 10.5 Å². The summed E-state index contributed by atoms with van der Waals surface area (Å²) >= 11 is 0. The molecule has 0 atom stereocenters. The summed E-state index contributed by atoms with van der Waals surface area (Å²) in [6, 6.07) is 5.13. The molecule has 0 aliphatic heterocycles. The fourth-order valence-corrected chi connectivity index (χ4v) is 2.06. The van der Waals surface area contributed by atoms with Gasteiger partial charge in [0.15, 0.2) is 0 Å². The SMILES string of the molecule is CCN(CC)c1c([N+](=O)[O-])c(=O)nc2ccccn12. The van der Waals surface area contributed by atoms with Gasteiger partial charge < -0.3 is 4.90 Å². The Morgan fingerprint density at radius 1 is 1.37 bits per heavy atom. The molecule has 2 aromatic heterocycles. The van der Waals surface area contributed by atoms with Crippen molar-refractivity contribution < 1.29 is 4.92 Å². The minimum absolute atomic E-state index is 0.283. The first kappa shape index (κ1) is 13.0. The third-order valence-corrected chi connectivity index (χ3v) is 2.94. The van der Waals surface area contributed by atoms with Gasteiger partial charge in [-0.05, 0) is 26.0 Å². The lowest BCUT2D eigenvalue weighted by Gasteiger charge is -2.22. The van der Waals surface area contributed by atoms with Crippen LogP contribution in [-0.4, -0.2) is 27.4 Å². The molecular formula is C12H14N4O3. The van der Waals surface area contributed by atoms with Gasteiger partial charge in [-0.3, -0.25) is 19.3 Å². The van der Waals surface area contributed by atoms with Crippen molar-refractivity contribution in [1.82, 2.24) is 9.38 Å². The highest BCUT2D eigenvalue weighted by Crippen LogP contribution is 2.24. The van der Waals surface area contributed by atoms with Crippen LogP contribution in [0.2, 0.25) is 0 Å². The summed E-state index contributed by atoms with van der Waals surface area (Å²) in [5.41, 5.74) is -0.884. The molecule has 2 rings (SSSR count). The van der Waals surface area contributed by atoms with E-state index in [0.29, 0.717) is 18.7 Å². The molecule has 0 aliphatic carbocycles. The highest BCUT2D eigenvalue weighted by atomic mass is 16.6. The van der Waals surface area contributed by atoms with Crippen molar-refractivity contribution in [2.45, 2.75) is 13.8 Å². The second-order valence-corrected chi connectivity index (χ2v) is 3.95. The number of nitro groups is 1. The number of anilines is 1. The first-order chi connectivity index (χ1) is 9.10. The van der Waals surface area contributed by atoms with Crippen LogP contribution in [0, 0.1) is 10.1 Å². The van der Waals surface area contributed by atoms with E-state index < -0.39 is 16.2 Å². The second-order valence-electron chi connectivity index (χ2n) is 3.95. The predicted octanol–water partition coefficient (Wildman–Crippen LogP) is 1.45. The zero-order valence-corrected chi connectivity index (χ0v) is 10.7. The average Bonchev–Trinajstić information content (AvgIpc) is 2.39. The fraction of sp³-hybridized carbons (Fsp3) is 0.333. The molecule has 0 radical (unpaired) electrons. The van der Waals surface area contributed by atoms with Crippen LogP contribution in [-0.2, 0) is 0 Å². The molecule has 19 heavy (non-hydrogen) atoms. The van der Waals surface area contributed by atoms with E-state index in [1.165, 1.54) is 0 Å². The third-order valence-electron chi connectivity index (χ3n) is 2.94. The van der Waals surface area contributed by atoms with Gasteiger partial charge >= 0.3 is 11.2 Å². The minimum atomic E-state index is -0.807. The number of aromatic nitrogens is 2. The summed E-state index contributed by atoms with van der Waals surface area (Å²) in [7, 11) is 0. The zero-order valence-electron chi connectivity index (χ0n) is 10.7. The van der Waals surface area contributed by atoms with Gasteiger partial charge in [-0.2, -0.15) is 4.98 Å². The van der Waals surface area contributed by atoms with Crippen LogP contribution in [0.4, 0.5) is 11.5 Å². The highest BCUT2D eigenvalue weighted by molar-refractivity contribution is 5.62. The van der Waals surface area contributed by atoms with Gasteiger partial charge in [-0.1, -0.05) is 6.07 Å². The van der Waals surface area contributed by atoms with E-state index in [4.69, 9.17) is 0 Å². The topological polar surface area (TPSA) is 80.8 Å². The summed E-state index contributed by atoms with van der Waals surface area (Å²) in [6.07, 6.45) is 1.67. The largest absolute Gasteiger partial charge is 0.376 e. The Labute approximate surface area is 109 Å². The summed E-state index contributed by atoms with van der Waals surface area (Å²) < 4.78 is 1.58. The summed E-state index contributed by atoms with van der Waals surface area (Å²) in [4.78, 5) is 27.8. The predicted molar refractivity (Wildman–Crippen MR) is 71.7 cm³/mol. The van der Waals surface area contributed by atoms with Gasteiger partial charge in [0.1, 0.15) is 5.65 Å². The number of nitrogens with zero attached hydrogens (tertiary/aromatic N) is 4. The van der Waals surface area contributed by atoms with Crippen molar-refractivity contribution in [3.8, 4) is 0 Å². The molecule has 2 aromatic rings. The Hall–Kier alpha value is -2.44. The highest BCUT2D eigenvalue weighted by Gasteiger charge is 2.26. The van der Waals surface area contributed by atoms with Gasteiger partial charge in [0, 0.05) is 19.3 Å². The molecule has 0 bridgehead atoms. The molecule has 100 valence electrons. The van der Waals surface area contributed by atoms with Crippen LogP contribution in [0.1, 0.15) is 13.8 Å². The molecule has 7 nitrogen and oxygen atoms in total. The summed E-state index contributed by atoms with van der Waals surface area (Å²) in [6.45, 7) is 4.90. The van der Waals surface area contributed by atoms with Crippen molar-refractivity contribution in [3.63, 3.8) is 0 Å². The van der Waals surface area contributed by atoms with Gasteiger partial charge in [0.2, 0.25) is 5.82 Å². The molecule has 0 fully saturated rings. The smallest absolute Gasteiger partial charge is 0.352 e. The number of pyridine rings is 1. The Morgan fingerprint density at radius 3 is 2.63 bits per heavy atom. The Balaban J connectivity index is 2.92. The molecule has 0 aromatic carbocycles. The van der Waals surface area contributed by atoms with Gasteiger partial charge in [0.05, 0.1) is 4.92 Å². The van der Waals surface area contributed by atoms with Crippen molar-refractivity contribution >= 4 is 17.2 Å². The molecule has 0 N–H and O–H groups in total. The van der Waals surface area contributed by atoms with Crippen molar-refractivity contribution in [2.24, 2.45) is 0 Å². The van der Waals surface area contributed by atoms with Crippen LogP contribution in [0.15, 0.2) is 29.2 Å². The Morgan fingerprint density at radius 2 is 2.05 bits per heavy atom. The van der Waals surface area contributed by atoms with Gasteiger partial charge in [-0.15, -0.1) is 0 Å². The van der Waals surface area contributed by atoms with E-state index >= 15 is 0 Å². The summed E-state index contributed by atoms with van der Waals surface area (Å²) in [5.74, 6) is 0.283. The molecule has 0 aliphatic rings. The van der Waals surface area contributed by atoms with E-state index in [9.17, 15) is 14.9 Å². The lowest BCUT2D eigenvalue weighted by Crippen LogP contribution is -2.29. The summed E-state index contributed by atoms with van der Waals surface area (Å²) in [5, 5.41) is 11.1. The van der Waals surface area contributed by atoms with Crippen LogP contribution in [0.25, 0.3) is 5.65 Å². The average molecular weight is 262 g/mol. The molecule has 0 spiro atoms. The quantitative estimate of drug-likeness (QED) is 0.615. The lowest BCUT2D eigenvalue weighted by atomic mass is 10.3. The standard InChI is InChI=1S/C12H14N4O3/c1-3-14(4-2)12-10(16(18)19)11(17)13-9-7-5-6-8-15(9)12/h5-8H,3-4H2,1-2H3. The number of fused-ring (bicyclic) bond motifs is 1. The van der Waals surface area contributed by atoms with E-state index in [1.54, 1.807) is 33.7 Å². The molecule has 0 amide bonds. The molecule has 0 saturated carbocycles. The van der Waals surface area contributed by atoms with Crippen molar-refractivity contribution in [1.29, 1.82) is 0 Å². The first-order valence-electron chi connectivity index (χ1n) is 6.00. The van der Waals surface area contributed by atoms with Crippen LogP contribution in [0.5, 0.6) is 0 Å². The zero-order chi connectivity index (χ0) is 14.0. The molecule has 2 heterocycles. The monoisotopic (exact) mass is 262 g/mol. The van der Waals surface area contributed by atoms with Crippen LogP contribution in [0.3, 0.4) is 0 Å². The maximum absolute atomic E-state index is 11.8. The lowest BCUT2D eigenvalue weighted by molar-refractivity contribution is -0.385. The first-order valence-corrected chi connectivity index (χ1v) is 6.00. The van der Waals surface area contributed by atoms with Gasteiger partial charge in [-0.25, -0.2) is 0 Å². The molecule has 0 saturated heterocycles. The molecule has 0 unspecified atom stereocenters. The Bertz CT molecular complexity index is 676. The van der Waals surface area contributed by atoms with E-state index in [-0.39, 0.29) is 5.82 Å². The van der Waals surface area contributed by atoms with Gasteiger partial charge in [0.25, 0.3) is 0 Å². The van der Waals surface area contributed by atoms with E-state index in [1.807, 2.05) is 13.8 Å². The number of hydrogen-bond acceptors (Lipinski definition) is 5. The van der Waals surface area contributed by atoms with E-state index in [0.717, 1.165) is 0 Å². The second kappa shape index (κ2) is 5.05. The number of rotatable bonds is 4. The maximum atomic E-state index is 11.8. The fourth-order valence-electron chi connectivity index (χ4n) is 2.06. The maximum Gasteiger partial charge on any atom is 0.376 e. The minimum Gasteiger partial charge on any atom is -0.352 e. The van der Waals surface area contributed by atoms with Crippen molar-refractivity contribution in [3.05, 3.63) is 44.9 Å². The number of hydrogen-bond donors (Lipinski definition) is 0. The van der Waals surface area contributed by atoms with E-state index in [2.05, 4.69) is 4.98 Å². The third kappa shape index (κ3) is 2.14. The normalized spacial score (nSPS) is 10.6. The van der Waals surface area contributed by atoms with Crippen LogP contribution >= 0.6 is 0 Å². The Kier molecular flexibility index (Phi) is 3.46. The molecular weight excluding hydrogens is 248 g/mol.